The van der Waals surface area contributed by atoms with E-state index >= 15 is 0 Å². The first-order chi connectivity index (χ1) is 9.63. The fraction of sp³-hybridized carbons (Fsp3) is 0.786. The van der Waals surface area contributed by atoms with Gasteiger partial charge in [0.2, 0.25) is 11.8 Å². The minimum Gasteiger partial charge on any atom is -0.374 e. The lowest BCUT2D eigenvalue weighted by atomic mass is 10.1. The molecule has 6 nitrogen and oxygen atoms in total. The minimum absolute atomic E-state index is 0.0405. The van der Waals surface area contributed by atoms with Crippen molar-refractivity contribution < 1.29 is 9.59 Å². The summed E-state index contributed by atoms with van der Waals surface area (Å²) in [7, 11) is 0. The van der Waals surface area contributed by atoms with Crippen molar-refractivity contribution in [2.45, 2.75) is 57.9 Å². The van der Waals surface area contributed by atoms with Gasteiger partial charge in [-0.15, -0.1) is 0 Å². The third-order valence-corrected chi connectivity index (χ3v) is 3.39. The van der Waals surface area contributed by atoms with Gasteiger partial charge >= 0.3 is 0 Å². The van der Waals surface area contributed by atoms with E-state index in [-0.39, 0.29) is 11.8 Å². The van der Waals surface area contributed by atoms with Crippen molar-refractivity contribution in [3.05, 3.63) is 0 Å². The molecule has 0 spiro atoms. The van der Waals surface area contributed by atoms with Gasteiger partial charge in [-0.1, -0.05) is 13.3 Å². The number of amidine groups is 1. The van der Waals surface area contributed by atoms with E-state index in [4.69, 9.17) is 5.41 Å². The third kappa shape index (κ3) is 6.54. The molecule has 1 rings (SSSR count). The van der Waals surface area contributed by atoms with Crippen molar-refractivity contribution in [1.82, 2.24) is 16.0 Å². The second-order valence-corrected chi connectivity index (χ2v) is 5.12. The first-order valence-corrected chi connectivity index (χ1v) is 7.52. The van der Waals surface area contributed by atoms with Crippen LogP contribution in [0.2, 0.25) is 0 Å². The monoisotopic (exact) mass is 282 g/mol. The highest BCUT2D eigenvalue weighted by Gasteiger charge is 2.20. The van der Waals surface area contributed by atoms with Crippen LogP contribution in [0.1, 0.15) is 51.9 Å². The molecule has 1 saturated heterocycles. The van der Waals surface area contributed by atoms with Crippen molar-refractivity contribution in [2.75, 3.05) is 13.1 Å². The SMILES string of the molecule is CCC(=N)NCCC[C@@H]1NC(=O)CCCCCNC1=O. The van der Waals surface area contributed by atoms with Gasteiger partial charge in [-0.05, 0) is 25.7 Å². The van der Waals surface area contributed by atoms with E-state index in [0.717, 1.165) is 25.7 Å². The van der Waals surface area contributed by atoms with Crippen LogP contribution >= 0.6 is 0 Å². The van der Waals surface area contributed by atoms with Crippen LogP contribution in [0.15, 0.2) is 0 Å². The zero-order valence-electron chi connectivity index (χ0n) is 12.3. The maximum absolute atomic E-state index is 12.0. The Hall–Kier alpha value is -1.59. The lowest BCUT2D eigenvalue weighted by Gasteiger charge is -2.20. The van der Waals surface area contributed by atoms with Crippen molar-refractivity contribution in [2.24, 2.45) is 0 Å². The maximum Gasteiger partial charge on any atom is 0.242 e. The molecular weight excluding hydrogens is 256 g/mol. The molecule has 114 valence electrons. The normalized spacial score (nSPS) is 20.8. The van der Waals surface area contributed by atoms with E-state index < -0.39 is 6.04 Å². The molecule has 0 aromatic heterocycles. The zero-order chi connectivity index (χ0) is 14.8. The van der Waals surface area contributed by atoms with Gasteiger partial charge < -0.3 is 16.0 Å². The molecule has 0 aromatic carbocycles. The Kier molecular flexibility index (Phi) is 7.69. The summed E-state index contributed by atoms with van der Waals surface area (Å²) < 4.78 is 0. The highest BCUT2D eigenvalue weighted by atomic mass is 16.2. The molecule has 1 atom stereocenters. The Bertz CT molecular complexity index is 344. The summed E-state index contributed by atoms with van der Waals surface area (Å²) in [6.45, 7) is 3.26. The molecule has 0 bridgehead atoms. The zero-order valence-corrected chi connectivity index (χ0v) is 12.3. The molecule has 0 saturated carbocycles. The van der Waals surface area contributed by atoms with Gasteiger partial charge in [-0.3, -0.25) is 15.0 Å². The van der Waals surface area contributed by atoms with E-state index in [1.807, 2.05) is 6.92 Å². The Morgan fingerprint density at radius 1 is 1.35 bits per heavy atom. The molecule has 2 amide bonds. The Balaban J connectivity index is 2.38. The predicted octanol–water partition coefficient (Wildman–Crippen LogP) is 0.918. The number of nitrogens with one attached hydrogen (secondary N) is 4. The van der Waals surface area contributed by atoms with Gasteiger partial charge in [0.15, 0.2) is 0 Å². The molecule has 1 aliphatic heterocycles. The summed E-state index contributed by atoms with van der Waals surface area (Å²) in [5.41, 5.74) is 0. The molecule has 0 unspecified atom stereocenters. The fourth-order valence-electron chi connectivity index (χ4n) is 2.13. The number of carbonyl (C=O) groups is 2. The molecule has 20 heavy (non-hydrogen) atoms. The van der Waals surface area contributed by atoms with Crippen LogP contribution in [-0.4, -0.2) is 36.8 Å². The predicted molar refractivity (Wildman–Crippen MR) is 78.7 cm³/mol. The van der Waals surface area contributed by atoms with E-state index in [1.165, 1.54) is 0 Å². The maximum atomic E-state index is 12.0. The Morgan fingerprint density at radius 3 is 2.90 bits per heavy atom. The molecule has 4 N–H and O–H groups in total. The van der Waals surface area contributed by atoms with Crippen LogP contribution in [0.4, 0.5) is 0 Å². The Morgan fingerprint density at radius 2 is 2.15 bits per heavy atom. The molecule has 1 aliphatic rings. The summed E-state index contributed by atoms with van der Waals surface area (Å²) in [6.07, 6.45) is 5.32. The van der Waals surface area contributed by atoms with E-state index in [0.29, 0.717) is 38.2 Å². The van der Waals surface area contributed by atoms with Crippen LogP contribution in [0.3, 0.4) is 0 Å². The average Bonchev–Trinajstić information content (AvgIpc) is 2.44. The van der Waals surface area contributed by atoms with Gasteiger partial charge in [-0.25, -0.2) is 0 Å². The summed E-state index contributed by atoms with van der Waals surface area (Å²) in [5.74, 6) is 0.372. The largest absolute Gasteiger partial charge is 0.374 e. The van der Waals surface area contributed by atoms with Gasteiger partial charge in [0.1, 0.15) is 6.04 Å². The quantitative estimate of drug-likeness (QED) is 0.343. The first kappa shape index (κ1) is 16.5. The molecule has 1 fully saturated rings. The van der Waals surface area contributed by atoms with E-state index in [2.05, 4.69) is 16.0 Å². The van der Waals surface area contributed by atoms with Crippen LogP contribution in [0.5, 0.6) is 0 Å². The summed E-state index contributed by atoms with van der Waals surface area (Å²) in [5, 5.41) is 16.1. The lowest BCUT2D eigenvalue weighted by Crippen LogP contribution is -2.47. The summed E-state index contributed by atoms with van der Waals surface area (Å²) >= 11 is 0. The second-order valence-electron chi connectivity index (χ2n) is 5.12. The first-order valence-electron chi connectivity index (χ1n) is 7.52. The minimum atomic E-state index is -0.446. The fourth-order valence-corrected chi connectivity index (χ4v) is 2.13. The highest BCUT2D eigenvalue weighted by molar-refractivity contribution is 5.87. The van der Waals surface area contributed by atoms with Gasteiger partial charge in [0.25, 0.3) is 0 Å². The van der Waals surface area contributed by atoms with Crippen molar-refractivity contribution >= 4 is 17.6 Å². The van der Waals surface area contributed by atoms with Gasteiger partial charge in [0, 0.05) is 25.9 Å². The molecule has 0 aromatic rings. The van der Waals surface area contributed by atoms with Crippen molar-refractivity contribution in [3.8, 4) is 0 Å². The van der Waals surface area contributed by atoms with E-state index in [9.17, 15) is 9.59 Å². The third-order valence-electron chi connectivity index (χ3n) is 3.39. The summed E-state index contributed by atoms with van der Waals surface area (Å²) in [6, 6.07) is -0.446. The van der Waals surface area contributed by atoms with E-state index in [1.54, 1.807) is 0 Å². The van der Waals surface area contributed by atoms with Crippen molar-refractivity contribution in [1.29, 1.82) is 5.41 Å². The summed E-state index contributed by atoms with van der Waals surface area (Å²) in [4.78, 5) is 23.7. The molecule has 6 heteroatoms. The number of carbonyl (C=O) groups excluding carboxylic acids is 2. The van der Waals surface area contributed by atoms with Crippen molar-refractivity contribution in [3.63, 3.8) is 0 Å². The molecule has 0 aliphatic carbocycles. The molecular formula is C14H26N4O2. The molecule has 1 heterocycles. The van der Waals surface area contributed by atoms with Crippen LogP contribution in [0, 0.1) is 5.41 Å². The van der Waals surface area contributed by atoms with Gasteiger partial charge in [-0.2, -0.15) is 0 Å². The smallest absolute Gasteiger partial charge is 0.242 e. The molecule has 0 radical (unpaired) electrons. The standard InChI is InChI=1S/C14H26N4O2/c1-2-12(15)16-10-6-7-11-14(20)17-9-5-3-4-8-13(19)18-11/h11H,2-10H2,1H3,(H2,15,16)(H,17,20)(H,18,19)/t11-/m0/s1. The second kappa shape index (κ2) is 9.34. The van der Waals surface area contributed by atoms with Gasteiger partial charge in [0.05, 0.1) is 5.84 Å². The lowest BCUT2D eigenvalue weighted by molar-refractivity contribution is -0.129. The van der Waals surface area contributed by atoms with Crippen LogP contribution < -0.4 is 16.0 Å². The number of amides is 2. The topological polar surface area (TPSA) is 94.1 Å². The number of hydrogen-bond acceptors (Lipinski definition) is 3. The Labute approximate surface area is 120 Å². The van der Waals surface area contributed by atoms with Crippen LogP contribution in [0.25, 0.3) is 0 Å². The highest BCUT2D eigenvalue weighted by Crippen LogP contribution is 2.04. The van der Waals surface area contributed by atoms with Crippen LogP contribution in [-0.2, 0) is 9.59 Å². The average molecular weight is 282 g/mol. The number of hydrogen-bond donors (Lipinski definition) is 4. The number of rotatable bonds is 5.